The van der Waals surface area contributed by atoms with Crippen molar-refractivity contribution < 1.29 is 71.4 Å². The molecule has 0 saturated heterocycles. The Labute approximate surface area is 369 Å². The Hall–Kier alpha value is -3.04. The normalized spacial score (nSPS) is 16.2. The van der Waals surface area contributed by atoms with Crippen molar-refractivity contribution in [3.63, 3.8) is 0 Å². The van der Waals surface area contributed by atoms with Crippen molar-refractivity contribution in [1.82, 2.24) is 0 Å². The molecule has 17 heteroatoms. The second-order valence-electron chi connectivity index (χ2n) is 14.1. The Balaban J connectivity index is 4.05. The molecule has 0 aliphatic rings. The summed E-state index contributed by atoms with van der Waals surface area (Å²) in [6.07, 6.45) is 41.4. The van der Waals surface area contributed by atoms with Crippen molar-refractivity contribution in [2.45, 2.75) is 135 Å². The third-order valence-corrected chi connectivity index (χ3v) is 10.1. The van der Waals surface area contributed by atoms with Crippen LogP contribution in [0.1, 0.15) is 117 Å². The number of carbonyl (C=O) groups is 2. The van der Waals surface area contributed by atoms with Crippen LogP contribution in [0, 0.1) is 0 Å². The van der Waals surface area contributed by atoms with E-state index >= 15 is 0 Å². The highest BCUT2D eigenvalue weighted by Gasteiger charge is 2.28. The first-order valence-corrected chi connectivity index (χ1v) is 24.7. The molecule has 0 aromatic rings. The molecule has 0 aromatic heterocycles. The zero-order valence-corrected chi connectivity index (χ0v) is 38.5. The second kappa shape index (κ2) is 40.7. The summed E-state index contributed by atoms with van der Waals surface area (Å²) in [5.41, 5.74) is 0. The SMILES string of the molecule is CC\C=C/C=C/C=C/C=C\C=C\C=C\CCCCCC(=O)OCC(O)COP(=O)(O)OCC(O)COP(=O)(O)OCC(O)COC(=O)CC/C=C/C/C=C\CCCCCCCC. The predicted octanol–water partition coefficient (Wildman–Crippen LogP) is 9.15. The third-order valence-electron chi connectivity index (χ3n) is 8.20. The molecule has 5 unspecified atom stereocenters. The average Bonchev–Trinajstić information content (AvgIpc) is 3.24. The summed E-state index contributed by atoms with van der Waals surface area (Å²) in [5.74, 6) is -1.11. The number of esters is 2. The highest BCUT2D eigenvalue weighted by atomic mass is 31.2. The number of phosphoric ester groups is 2. The molecule has 0 spiro atoms. The highest BCUT2D eigenvalue weighted by Crippen LogP contribution is 2.45. The quantitative estimate of drug-likeness (QED) is 0.0127. The molecule has 354 valence electrons. The Morgan fingerprint density at radius 1 is 0.452 bits per heavy atom. The number of unbranched alkanes of at least 4 members (excludes halogenated alkanes) is 9. The lowest BCUT2D eigenvalue weighted by Crippen LogP contribution is -2.25. The molecule has 0 heterocycles. The predicted molar refractivity (Wildman–Crippen MR) is 242 cm³/mol. The smallest absolute Gasteiger partial charge is 0.463 e. The minimum atomic E-state index is -4.80. The van der Waals surface area contributed by atoms with Gasteiger partial charge in [-0.1, -0.05) is 150 Å². The minimum Gasteiger partial charge on any atom is -0.463 e. The Morgan fingerprint density at radius 2 is 0.839 bits per heavy atom. The Morgan fingerprint density at radius 3 is 1.34 bits per heavy atom. The van der Waals surface area contributed by atoms with E-state index in [-0.39, 0.29) is 12.8 Å². The molecule has 0 radical (unpaired) electrons. The molecule has 5 atom stereocenters. The summed E-state index contributed by atoms with van der Waals surface area (Å²) in [6.45, 7) is 0.0911. The summed E-state index contributed by atoms with van der Waals surface area (Å²) in [5, 5.41) is 29.9. The van der Waals surface area contributed by atoms with Crippen molar-refractivity contribution >= 4 is 27.6 Å². The second-order valence-corrected chi connectivity index (χ2v) is 17.0. The van der Waals surface area contributed by atoms with E-state index in [0.717, 1.165) is 38.5 Å². The number of carbonyl (C=O) groups excluding carboxylic acids is 2. The fourth-order valence-corrected chi connectivity index (χ4v) is 6.41. The molecule has 0 aliphatic heterocycles. The number of ether oxygens (including phenoxy) is 2. The van der Waals surface area contributed by atoms with E-state index in [2.05, 4.69) is 50.2 Å². The Kier molecular flexibility index (Phi) is 38.7. The minimum absolute atomic E-state index is 0.0856. The molecule has 0 aromatic carbocycles. The van der Waals surface area contributed by atoms with Crippen LogP contribution < -0.4 is 0 Å². The van der Waals surface area contributed by atoms with Crippen LogP contribution in [0.5, 0.6) is 0 Å². The van der Waals surface area contributed by atoms with Crippen LogP contribution in [0.2, 0.25) is 0 Å². The first kappa shape index (κ1) is 59.0. The van der Waals surface area contributed by atoms with Crippen molar-refractivity contribution in [1.29, 1.82) is 0 Å². The van der Waals surface area contributed by atoms with E-state index in [9.17, 15) is 43.8 Å². The average molecular weight is 917 g/mol. The van der Waals surface area contributed by atoms with Gasteiger partial charge in [0.15, 0.2) is 0 Å². The number of aliphatic hydroxyl groups is 3. The van der Waals surface area contributed by atoms with E-state index in [0.29, 0.717) is 12.8 Å². The van der Waals surface area contributed by atoms with Gasteiger partial charge >= 0.3 is 27.6 Å². The summed E-state index contributed by atoms with van der Waals surface area (Å²) < 4.78 is 52.7. The number of allylic oxidation sites excluding steroid dienone is 16. The van der Waals surface area contributed by atoms with Gasteiger partial charge < -0.3 is 34.6 Å². The first-order valence-electron chi connectivity index (χ1n) is 21.7. The topological polar surface area (TPSA) is 225 Å². The third kappa shape index (κ3) is 42.3. The van der Waals surface area contributed by atoms with E-state index in [1.54, 1.807) is 0 Å². The summed E-state index contributed by atoms with van der Waals surface area (Å²) in [4.78, 5) is 43.6. The lowest BCUT2D eigenvalue weighted by Gasteiger charge is -2.19. The summed E-state index contributed by atoms with van der Waals surface area (Å²) >= 11 is 0. The maximum atomic E-state index is 12.1. The van der Waals surface area contributed by atoms with E-state index in [4.69, 9.17) is 9.47 Å². The van der Waals surface area contributed by atoms with Gasteiger partial charge in [-0.15, -0.1) is 0 Å². The van der Waals surface area contributed by atoms with Crippen molar-refractivity contribution in [2.75, 3.05) is 39.6 Å². The molecule has 0 aliphatic carbocycles. The number of phosphoric acid groups is 2. The van der Waals surface area contributed by atoms with Gasteiger partial charge in [0.1, 0.15) is 31.5 Å². The highest BCUT2D eigenvalue weighted by molar-refractivity contribution is 7.47. The summed E-state index contributed by atoms with van der Waals surface area (Å²) in [6, 6.07) is 0. The maximum absolute atomic E-state index is 12.1. The first-order chi connectivity index (χ1) is 29.8. The lowest BCUT2D eigenvalue weighted by atomic mass is 10.1. The van der Waals surface area contributed by atoms with Crippen LogP contribution in [0.4, 0.5) is 0 Å². The van der Waals surface area contributed by atoms with Crippen molar-refractivity contribution in [3.8, 4) is 0 Å². The standard InChI is InChI=1S/C45H74O15P2/c1-3-5-7-9-11-13-15-17-18-19-20-22-24-26-28-30-32-34-45(50)56-36-42(47)38-58-62(53,54)60-40-43(48)39-59-61(51,52)57-37-41(46)35-55-44(49)33-31-29-27-25-23-21-16-14-12-10-8-6-4-2/h5,7,9,11,13,15,17-24,27,29,41-43,46-48H,3-4,6,8,10,12,14,16,25-26,28,30-40H2,1-2H3,(H,51,52)(H,53,54)/b7-5-,11-9+,15-13+,18-17-,20-19+,23-21-,24-22+,29-27+. The summed E-state index contributed by atoms with van der Waals surface area (Å²) in [7, 11) is -9.60. The van der Waals surface area contributed by atoms with Gasteiger partial charge in [0.05, 0.1) is 26.4 Å². The number of aliphatic hydroxyl groups excluding tert-OH is 3. The zero-order chi connectivity index (χ0) is 46.0. The van der Waals surface area contributed by atoms with Gasteiger partial charge in [0.25, 0.3) is 0 Å². The van der Waals surface area contributed by atoms with Crippen LogP contribution in [0.15, 0.2) is 97.2 Å². The number of rotatable bonds is 40. The molecular formula is C45H74O15P2. The largest absolute Gasteiger partial charge is 0.472 e. The Bertz CT molecular complexity index is 1480. The van der Waals surface area contributed by atoms with Gasteiger partial charge in [-0.2, -0.15) is 0 Å². The van der Waals surface area contributed by atoms with Crippen LogP contribution >= 0.6 is 15.6 Å². The molecule has 5 N–H and O–H groups in total. The lowest BCUT2D eigenvalue weighted by molar-refractivity contribution is -0.148. The van der Waals surface area contributed by atoms with Gasteiger partial charge in [-0.3, -0.25) is 27.7 Å². The van der Waals surface area contributed by atoms with Crippen LogP contribution in [0.3, 0.4) is 0 Å². The molecule has 0 amide bonds. The molecule has 62 heavy (non-hydrogen) atoms. The van der Waals surface area contributed by atoms with E-state index in [1.165, 1.54) is 38.5 Å². The fraction of sp³-hybridized carbons (Fsp3) is 0.600. The van der Waals surface area contributed by atoms with Crippen molar-refractivity contribution in [2.24, 2.45) is 0 Å². The van der Waals surface area contributed by atoms with Crippen LogP contribution in [0.25, 0.3) is 0 Å². The molecular weight excluding hydrogens is 842 g/mol. The maximum Gasteiger partial charge on any atom is 0.472 e. The van der Waals surface area contributed by atoms with Gasteiger partial charge in [0, 0.05) is 12.8 Å². The van der Waals surface area contributed by atoms with E-state index in [1.807, 2.05) is 79.0 Å². The number of hydrogen-bond donors (Lipinski definition) is 5. The van der Waals surface area contributed by atoms with Crippen LogP contribution in [-0.4, -0.2) is 95.0 Å². The monoisotopic (exact) mass is 916 g/mol. The van der Waals surface area contributed by atoms with Crippen LogP contribution in [-0.2, 0) is 46.3 Å². The van der Waals surface area contributed by atoms with Gasteiger partial charge in [0.2, 0.25) is 0 Å². The fourth-order valence-electron chi connectivity index (χ4n) is 4.82. The molecule has 0 saturated carbocycles. The van der Waals surface area contributed by atoms with Crippen molar-refractivity contribution in [3.05, 3.63) is 97.2 Å². The molecule has 15 nitrogen and oxygen atoms in total. The molecule has 0 bridgehead atoms. The van der Waals surface area contributed by atoms with Gasteiger partial charge in [-0.05, 0) is 51.4 Å². The molecule has 0 fully saturated rings. The van der Waals surface area contributed by atoms with E-state index < -0.39 is 85.5 Å². The zero-order valence-electron chi connectivity index (χ0n) is 36.7. The molecule has 0 rings (SSSR count). The number of hydrogen-bond acceptors (Lipinski definition) is 13. The van der Waals surface area contributed by atoms with Gasteiger partial charge in [-0.25, -0.2) is 9.13 Å².